The molecule has 1 aliphatic carbocycles. The lowest BCUT2D eigenvalue weighted by Crippen LogP contribution is -2.42. The third kappa shape index (κ3) is 1.38. The van der Waals surface area contributed by atoms with E-state index in [0.717, 1.165) is 22.9 Å². The van der Waals surface area contributed by atoms with Crippen LogP contribution >= 0.6 is 11.6 Å². The smallest absolute Gasteiger partial charge is 0.314 e. The molecule has 4 nitrogen and oxygen atoms in total. The maximum atomic E-state index is 11.5. The van der Waals surface area contributed by atoms with E-state index in [2.05, 4.69) is 5.10 Å². The quantitative estimate of drug-likeness (QED) is 0.907. The standard InChI is InChI=1S/C13H13ClN2O2/c1-16-10-4-3-8(7-9(10)11(14)15-16)13(12(17)18)5-2-6-13/h3-4,7H,2,5-6H2,1H3,(H,17,18). The largest absolute Gasteiger partial charge is 0.481 e. The van der Waals surface area contributed by atoms with Crippen LogP contribution in [0.25, 0.3) is 10.9 Å². The minimum Gasteiger partial charge on any atom is -0.481 e. The Kier molecular flexibility index (Phi) is 2.38. The summed E-state index contributed by atoms with van der Waals surface area (Å²) in [6.07, 6.45) is 2.36. The van der Waals surface area contributed by atoms with Gasteiger partial charge in [-0.15, -0.1) is 0 Å². The zero-order valence-electron chi connectivity index (χ0n) is 9.98. The Morgan fingerprint density at radius 1 is 1.50 bits per heavy atom. The molecular formula is C13H13ClN2O2. The molecule has 0 atom stereocenters. The van der Waals surface area contributed by atoms with Gasteiger partial charge < -0.3 is 5.11 Å². The van der Waals surface area contributed by atoms with Crippen molar-refractivity contribution in [3.8, 4) is 0 Å². The van der Waals surface area contributed by atoms with E-state index in [1.165, 1.54) is 0 Å². The van der Waals surface area contributed by atoms with Crippen LogP contribution in [0.3, 0.4) is 0 Å². The molecule has 0 unspecified atom stereocenters. The topological polar surface area (TPSA) is 55.1 Å². The Hall–Kier alpha value is -1.55. The van der Waals surface area contributed by atoms with Crippen molar-refractivity contribution in [2.75, 3.05) is 0 Å². The molecule has 0 radical (unpaired) electrons. The zero-order valence-corrected chi connectivity index (χ0v) is 10.7. The number of fused-ring (bicyclic) bond motifs is 1. The highest BCUT2D eigenvalue weighted by atomic mass is 35.5. The number of benzene rings is 1. The molecule has 18 heavy (non-hydrogen) atoms. The normalized spacial score (nSPS) is 17.7. The van der Waals surface area contributed by atoms with Crippen LogP contribution in [-0.4, -0.2) is 20.9 Å². The molecule has 0 saturated heterocycles. The first-order chi connectivity index (χ1) is 8.54. The van der Waals surface area contributed by atoms with Gasteiger partial charge in [-0.3, -0.25) is 9.48 Å². The van der Waals surface area contributed by atoms with Gasteiger partial charge in [-0.1, -0.05) is 24.1 Å². The van der Waals surface area contributed by atoms with Gasteiger partial charge in [0.15, 0.2) is 5.15 Å². The molecule has 94 valence electrons. The van der Waals surface area contributed by atoms with E-state index in [4.69, 9.17) is 11.6 Å². The summed E-state index contributed by atoms with van der Waals surface area (Å²) in [6.45, 7) is 0. The lowest BCUT2D eigenvalue weighted by molar-refractivity contribution is -0.147. The van der Waals surface area contributed by atoms with Crippen molar-refractivity contribution >= 4 is 28.5 Å². The molecule has 1 heterocycles. The first-order valence-corrected chi connectivity index (χ1v) is 6.28. The number of aromatic nitrogens is 2. The van der Waals surface area contributed by atoms with Crippen LogP contribution in [0.1, 0.15) is 24.8 Å². The Labute approximate surface area is 109 Å². The molecule has 0 aliphatic heterocycles. The van der Waals surface area contributed by atoms with Gasteiger partial charge in [0.1, 0.15) is 0 Å². The van der Waals surface area contributed by atoms with E-state index in [1.807, 2.05) is 25.2 Å². The van der Waals surface area contributed by atoms with E-state index in [-0.39, 0.29) is 0 Å². The molecule has 1 N–H and O–H groups in total. The second-order valence-electron chi connectivity index (χ2n) is 4.89. The van der Waals surface area contributed by atoms with Crippen molar-refractivity contribution in [1.29, 1.82) is 0 Å². The van der Waals surface area contributed by atoms with Crippen LogP contribution in [0.2, 0.25) is 5.15 Å². The van der Waals surface area contributed by atoms with Gasteiger partial charge in [-0.2, -0.15) is 5.10 Å². The lowest BCUT2D eigenvalue weighted by atomic mass is 9.64. The highest BCUT2D eigenvalue weighted by molar-refractivity contribution is 6.34. The van der Waals surface area contributed by atoms with Gasteiger partial charge in [0, 0.05) is 12.4 Å². The minimum absolute atomic E-state index is 0.425. The van der Waals surface area contributed by atoms with Crippen LogP contribution in [0.4, 0.5) is 0 Å². The Morgan fingerprint density at radius 2 is 2.22 bits per heavy atom. The number of carboxylic acids is 1. The van der Waals surface area contributed by atoms with Gasteiger partial charge in [0.25, 0.3) is 0 Å². The van der Waals surface area contributed by atoms with E-state index in [0.29, 0.717) is 18.0 Å². The van der Waals surface area contributed by atoms with Crippen LogP contribution in [0, 0.1) is 0 Å². The third-order valence-electron chi connectivity index (χ3n) is 3.97. The van der Waals surface area contributed by atoms with Gasteiger partial charge in [-0.25, -0.2) is 0 Å². The lowest BCUT2D eigenvalue weighted by Gasteiger charge is -2.38. The summed E-state index contributed by atoms with van der Waals surface area (Å²) in [4.78, 5) is 11.5. The summed E-state index contributed by atoms with van der Waals surface area (Å²) < 4.78 is 1.70. The van der Waals surface area contributed by atoms with Crippen molar-refractivity contribution in [1.82, 2.24) is 9.78 Å². The van der Waals surface area contributed by atoms with Crippen LogP contribution in [-0.2, 0) is 17.3 Å². The molecule has 1 fully saturated rings. The summed E-state index contributed by atoms with van der Waals surface area (Å²) in [5.41, 5.74) is 1.04. The Morgan fingerprint density at radius 3 is 2.78 bits per heavy atom. The molecule has 0 amide bonds. The van der Waals surface area contributed by atoms with Crippen LogP contribution in [0.5, 0.6) is 0 Å². The van der Waals surface area contributed by atoms with Crippen molar-refractivity contribution < 1.29 is 9.90 Å². The highest BCUT2D eigenvalue weighted by Crippen LogP contribution is 2.45. The van der Waals surface area contributed by atoms with Gasteiger partial charge in [0.2, 0.25) is 0 Å². The Bertz CT molecular complexity index is 644. The van der Waals surface area contributed by atoms with Crippen molar-refractivity contribution in [3.63, 3.8) is 0 Å². The summed E-state index contributed by atoms with van der Waals surface area (Å²) in [6, 6.07) is 5.65. The maximum absolute atomic E-state index is 11.5. The van der Waals surface area contributed by atoms with Gasteiger partial charge in [0.05, 0.1) is 10.9 Å². The minimum atomic E-state index is -0.742. The van der Waals surface area contributed by atoms with E-state index in [9.17, 15) is 9.90 Å². The fraction of sp³-hybridized carbons (Fsp3) is 0.385. The van der Waals surface area contributed by atoms with Crippen molar-refractivity contribution in [2.24, 2.45) is 7.05 Å². The van der Waals surface area contributed by atoms with Crippen LogP contribution in [0.15, 0.2) is 18.2 Å². The molecular weight excluding hydrogens is 252 g/mol. The first-order valence-electron chi connectivity index (χ1n) is 5.91. The molecule has 1 aromatic carbocycles. The number of rotatable bonds is 2. The van der Waals surface area contributed by atoms with E-state index < -0.39 is 11.4 Å². The molecule has 5 heteroatoms. The average Bonchev–Trinajstić information content (AvgIpc) is 2.52. The highest BCUT2D eigenvalue weighted by Gasteiger charge is 2.46. The van der Waals surface area contributed by atoms with Crippen molar-refractivity contribution in [3.05, 3.63) is 28.9 Å². The fourth-order valence-electron chi connectivity index (χ4n) is 2.68. The summed E-state index contributed by atoms with van der Waals surface area (Å²) in [7, 11) is 1.82. The van der Waals surface area contributed by atoms with Crippen molar-refractivity contribution in [2.45, 2.75) is 24.7 Å². The number of hydrogen-bond acceptors (Lipinski definition) is 2. The molecule has 3 rings (SSSR count). The summed E-state index contributed by atoms with van der Waals surface area (Å²) in [5.74, 6) is -0.742. The number of carboxylic acid groups (broad SMARTS) is 1. The fourth-order valence-corrected chi connectivity index (χ4v) is 2.94. The number of halogens is 1. The van der Waals surface area contributed by atoms with E-state index >= 15 is 0 Å². The summed E-state index contributed by atoms with van der Waals surface area (Å²) >= 11 is 6.06. The predicted octanol–water partition coefficient (Wildman–Crippen LogP) is 2.73. The number of nitrogens with zero attached hydrogens (tertiary/aromatic N) is 2. The number of carbonyl (C=O) groups is 1. The molecule has 0 bridgehead atoms. The van der Waals surface area contributed by atoms with Gasteiger partial charge >= 0.3 is 5.97 Å². The molecule has 2 aromatic rings. The SMILES string of the molecule is Cn1nc(Cl)c2cc(C3(C(=O)O)CCC3)ccc21. The third-order valence-corrected chi connectivity index (χ3v) is 4.25. The van der Waals surface area contributed by atoms with Crippen LogP contribution < -0.4 is 0 Å². The Balaban J connectivity index is 2.19. The maximum Gasteiger partial charge on any atom is 0.314 e. The van der Waals surface area contributed by atoms with Gasteiger partial charge in [-0.05, 0) is 30.5 Å². The number of aryl methyl sites for hydroxylation is 1. The first kappa shape index (κ1) is 11.5. The second kappa shape index (κ2) is 3.72. The summed E-state index contributed by atoms with van der Waals surface area (Å²) in [5, 5.41) is 14.8. The number of aliphatic carboxylic acids is 1. The molecule has 1 aromatic heterocycles. The molecule has 1 saturated carbocycles. The van der Waals surface area contributed by atoms with E-state index in [1.54, 1.807) is 4.68 Å². The predicted molar refractivity (Wildman–Crippen MR) is 68.9 cm³/mol. The molecule has 0 spiro atoms. The second-order valence-corrected chi connectivity index (χ2v) is 5.25. The monoisotopic (exact) mass is 264 g/mol. The average molecular weight is 265 g/mol. The molecule has 1 aliphatic rings. The number of hydrogen-bond donors (Lipinski definition) is 1. The zero-order chi connectivity index (χ0) is 12.9.